The van der Waals surface area contributed by atoms with Crippen LogP contribution >= 0.6 is 15.9 Å². The zero-order valence-corrected chi connectivity index (χ0v) is 7.84. The number of anilines is 1. The van der Waals surface area contributed by atoms with E-state index in [1.54, 1.807) is 6.07 Å². The Morgan fingerprint density at radius 1 is 1.58 bits per heavy atom. The van der Waals surface area contributed by atoms with E-state index in [1.165, 1.54) is 0 Å². The van der Waals surface area contributed by atoms with Gasteiger partial charge in [0, 0.05) is 4.47 Å². The third kappa shape index (κ3) is 0.990. The molecule has 2 rings (SSSR count). The second-order valence-corrected chi connectivity index (χ2v) is 3.55. The summed E-state index contributed by atoms with van der Waals surface area (Å²) in [6.07, 6.45) is -0.586. The van der Waals surface area contributed by atoms with Crippen molar-refractivity contribution in [2.75, 3.05) is 12.3 Å². The van der Waals surface area contributed by atoms with Gasteiger partial charge in [-0.1, -0.05) is 0 Å². The van der Waals surface area contributed by atoms with Gasteiger partial charge in [0.25, 0.3) is 0 Å². The molecule has 0 aromatic heterocycles. The van der Waals surface area contributed by atoms with Gasteiger partial charge in [0.1, 0.15) is 18.5 Å². The van der Waals surface area contributed by atoms with Gasteiger partial charge in [0.15, 0.2) is 0 Å². The molecular formula is C8H8BrNO2. The molecule has 64 valence electrons. The summed E-state index contributed by atoms with van der Waals surface area (Å²) < 4.78 is 5.99. The lowest BCUT2D eigenvalue weighted by Crippen LogP contribution is -2.00. The minimum atomic E-state index is -0.586. The second-order valence-electron chi connectivity index (χ2n) is 2.70. The Labute approximate surface area is 78.3 Å². The van der Waals surface area contributed by atoms with Crippen LogP contribution in [-0.4, -0.2) is 11.7 Å². The maximum absolute atomic E-state index is 9.46. The Balaban J connectivity index is 2.63. The van der Waals surface area contributed by atoms with E-state index < -0.39 is 6.10 Å². The van der Waals surface area contributed by atoms with Crippen LogP contribution in [0.3, 0.4) is 0 Å². The first-order valence-electron chi connectivity index (χ1n) is 3.59. The maximum Gasteiger partial charge on any atom is 0.127 e. The van der Waals surface area contributed by atoms with Crippen molar-refractivity contribution in [2.24, 2.45) is 0 Å². The van der Waals surface area contributed by atoms with Crippen molar-refractivity contribution >= 4 is 21.6 Å². The predicted molar refractivity (Wildman–Crippen MR) is 49.0 cm³/mol. The summed E-state index contributed by atoms with van der Waals surface area (Å²) in [5, 5.41) is 9.46. The molecule has 1 aromatic rings. The van der Waals surface area contributed by atoms with Gasteiger partial charge in [-0.05, 0) is 28.1 Å². The second kappa shape index (κ2) is 2.64. The van der Waals surface area contributed by atoms with E-state index in [2.05, 4.69) is 15.9 Å². The number of rotatable bonds is 0. The lowest BCUT2D eigenvalue weighted by Gasteiger charge is -2.05. The number of nitrogen functional groups attached to an aromatic ring is 1. The van der Waals surface area contributed by atoms with E-state index in [4.69, 9.17) is 10.5 Å². The molecule has 0 radical (unpaired) electrons. The molecule has 3 nitrogen and oxygen atoms in total. The van der Waals surface area contributed by atoms with Crippen LogP contribution in [0.1, 0.15) is 11.7 Å². The van der Waals surface area contributed by atoms with E-state index in [-0.39, 0.29) is 0 Å². The number of halogens is 1. The van der Waals surface area contributed by atoms with Crippen LogP contribution in [0.4, 0.5) is 5.69 Å². The zero-order valence-electron chi connectivity index (χ0n) is 6.25. The Morgan fingerprint density at radius 2 is 2.33 bits per heavy atom. The van der Waals surface area contributed by atoms with Crippen molar-refractivity contribution in [3.8, 4) is 5.75 Å². The summed E-state index contributed by atoms with van der Waals surface area (Å²) in [6, 6.07) is 3.61. The van der Waals surface area contributed by atoms with E-state index in [1.807, 2.05) is 6.07 Å². The number of hydrogen-bond acceptors (Lipinski definition) is 3. The van der Waals surface area contributed by atoms with Crippen LogP contribution in [-0.2, 0) is 0 Å². The summed E-state index contributed by atoms with van der Waals surface area (Å²) in [5.74, 6) is 0.684. The number of aliphatic hydroxyl groups excluding tert-OH is 1. The molecule has 0 saturated carbocycles. The molecule has 0 amide bonds. The van der Waals surface area contributed by atoms with Gasteiger partial charge in [-0.25, -0.2) is 0 Å². The number of hydrogen-bond donors (Lipinski definition) is 2. The average molecular weight is 230 g/mol. The quantitative estimate of drug-likeness (QED) is 0.663. The molecule has 1 aliphatic rings. The average Bonchev–Trinajstić information content (AvgIpc) is 2.41. The van der Waals surface area contributed by atoms with Crippen LogP contribution < -0.4 is 10.5 Å². The van der Waals surface area contributed by atoms with Gasteiger partial charge < -0.3 is 15.6 Å². The molecular weight excluding hydrogens is 222 g/mol. The lowest BCUT2D eigenvalue weighted by molar-refractivity contribution is 0.141. The Kier molecular flexibility index (Phi) is 1.73. The molecule has 1 aliphatic heterocycles. The van der Waals surface area contributed by atoms with Gasteiger partial charge in [0.05, 0.1) is 11.3 Å². The molecule has 3 N–H and O–H groups in total. The van der Waals surface area contributed by atoms with Crippen molar-refractivity contribution in [3.63, 3.8) is 0 Å². The number of nitrogens with two attached hydrogens (primary N) is 1. The minimum Gasteiger partial charge on any atom is -0.490 e. The van der Waals surface area contributed by atoms with Crippen LogP contribution in [0, 0.1) is 0 Å². The minimum absolute atomic E-state index is 0.302. The number of ether oxygens (including phenoxy) is 1. The monoisotopic (exact) mass is 229 g/mol. The smallest absolute Gasteiger partial charge is 0.127 e. The van der Waals surface area contributed by atoms with Crippen LogP contribution in [0.5, 0.6) is 5.75 Å². The normalized spacial score (nSPS) is 20.3. The van der Waals surface area contributed by atoms with E-state index >= 15 is 0 Å². The topological polar surface area (TPSA) is 55.5 Å². The van der Waals surface area contributed by atoms with Gasteiger partial charge in [-0.3, -0.25) is 0 Å². The third-order valence-electron chi connectivity index (χ3n) is 1.92. The summed E-state index contributed by atoms with van der Waals surface area (Å²) >= 11 is 3.28. The van der Waals surface area contributed by atoms with Crippen LogP contribution in [0.15, 0.2) is 16.6 Å². The SMILES string of the molecule is Nc1c(Br)ccc2c1C(O)CO2. The summed E-state index contributed by atoms with van der Waals surface area (Å²) in [6.45, 7) is 0.302. The molecule has 1 aromatic carbocycles. The Bertz CT molecular complexity index is 327. The number of benzene rings is 1. The van der Waals surface area contributed by atoms with Gasteiger partial charge in [0.2, 0.25) is 0 Å². The van der Waals surface area contributed by atoms with Crippen LogP contribution in [0.25, 0.3) is 0 Å². The van der Waals surface area contributed by atoms with E-state index in [0.717, 1.165) is 4.47 Å². The number of fused-ring (bicyclic) bond motifs is 1. The maximum atomic E-state index is 9.46. The fraction of sp³-hybridized carbons (Fsp3) is 0.250. The Hall–Kier alpha value is -0.740. The molecule has 1 atom stereocenters. The van der Waals surface area contributed by atoms with Gasteiger partial charge in [-0.15, -0.1) is 0 Å². The molecule has 12 heavy (non-hydrogen) atoms. The fourth-order valence-electron chi connectivity index (χ4n) is 1.31. The van der Waals surface area contributed by atoms with E-state index in [9.17, 15) is 5.11 Å². The summed E-state index contributed by atoms with van der Waals surface area (Å²) in [4.78, 5) is 0. The highest BCUT2D eigenvalue weighted by Gasteiger charge is 2.25. The highest BCUT2D eigenvalue weighted by Crippen LogP contribution is 2.39. The van der Waals surface area contributed by atoms with Gasteiger partial charge in [-0.2, -0.15) is 0 Å². The first-order valence-corrected chi connectivity index (χ1v) is 4.38. The first kappa shape index (κ1) is 7.89. The largest absolute Gasteiger partial charge is 0.490 e. The Morgan fingerprint density at radius 3 is 3.08 bits per heavy atom. The van der Waals surface area contributed by atoms with Gasteiger partial charge >= 0.3 is 0 Å². The highest BCUT2D eigenvalue weighted by atomic mass is 79.9. The van der Waals surface area contributed by atoms with Crippen molar-refractivity contribution in [2.45, 2.75) is 6.10 Å². The standard InChI is InChI=1S/C8H8BrNO2/c9-4-1-2-6-7(8(4)10)5(11)3-12-6/h1-2,5,11H,3,10H2. The van der Waals surface area contributed by atoms with Crippen molar-refractivity contribution in [1.29, 1.82) is 0 Å². The zero-order chi connectivity index (χ0) is 8.72. The first-order chi connectivity index (χ1) is 5.70. The van der Waals surface area contributed by atoms with Crippen molar-refractivity contribution in [3.05, 3.63) is 22.2 Å². The highest BCUT2D eigenvalue weighted by molar-refractivity contribution is 9.10. The van der Waals surface area contributed by atoms with Crippen LogP contribution in [0.2, 0.25) is 0 Å². The molecule has 0 fully saturated rings. The van der Waals surface area contributed by atoms with Crippen molar-refractivity contribution < 1.29 is 9.84 Å². The molecule has 0 saturated heterocycles. The predicted octanol–water partition coefficient (Wildman–Crippen LogP) is 1.46. The number of aliphatic hydroxyl groups is 1. The lowest BCUT2D eigenvalue weighted by atomic mass is 10.1. The molecule has 1 unspecified atom stereocenters. The summed E-state index contributed by atoms with van der Waals surface area (Å²) in [7, 11) is 0. The molecule has 1 heterocycles. The van der Waals surface area contributed by atoms with Crippen molar-refractivity contribution in [1.82, 2.24) is 0 Å². The van der Waals surface area contributed by atoms with E-state index in [0.29, 0.717) is 23.6 Å². The molecule has 0 aliphatic carbocycles. The molecule has 0 bridgehead atoms. The third-order valence-corrected chi connectivity index (χ3v) is 2.62. The fourth-order valence-corrected chi connectivity index (χ4v) is 1.66. The molecule has 0 spiro atoms. The summed E-state index contributed by atoms with van der Waals surface area (Å²) in [5.41, 5.74) is 7.00. The molecule has 4 heteroatoms.